The van der Waals surface area contributed by atoms with Crippen LogP contribution in [0, 0.1) is 5.82 Å². The zero-order valence-corrected chi connectivity index (χ0v) is 14.9. The van der Waals surface area contributed by atoms with Crippen molar-refractivity contribution in [3.8, 4) is 5.75 Å². The molecule has 0 aliphatic rings. The molecule has 0 unspecified atom stereocenters. The number of amides is 1. The number of nitrogens with one attached hydrogen (secondary N) is 1. The molecule has 0 aliphatic carbocycles. The Balaban J connectivity index is 1.94. The average Bonchev–Trinajstić information content (AvgIpc) is 2.66. The largest absolute Gasteiger partial charge is 0.504 e. The molecule has 1 aromatic carbocycles. The molecule has 0 saturated heterocycles. The first-order valence-electron chi connectivity index (χ1n) is 7.74. The summed E-state index contributed by atoms with van der Waals surface area (Å²) in [5.74, 6) is -3.00. The van der Waals surface area contributed by atoms with E-state index in [1.54, 1.807) is 12.3 Å². The number of benzene rings is 1. The van der Waals surface area contributed by atoms with Gasteiger partial charge in [-0.1, -0.05) is 6.07 Å². The Hall–Kier alpha value is -3.20. The van der Waals surface area contributed by atoms with Crippen molar-refractivity contribution < 1.29 is 24.2 Å². The Bertz CT molecular complexity index is 1060. The van der Waals surface area contributed by atoms with Gasteiger partial charge in [0, 0.05) is 23.0 Å². The highest BCUT2D eigenvalue weighted by Crippen LogP contribution is 2.28. The monoisotopic (exact) mass is 387 g/mol. The van der Waals surface area contributed by atoms with Crippen molar-refractivity contribution in [2.75, 3.05) is 6.26 Å². The fourth-order valence-corrected chi connectivity index (χ4v) is 3.20. The van der Waals surface area contributed by atoms with Gasteiger partial charge in [0.05, 0.1) is 0 Å². The maximum absolute atomic E-state index is 13.3. The SMILES string of the molecule is CSc1cc(F)ccc1CNC(=O)c1nc(C(=O)O)c2cccnc2c1O. The number of hydrogen-bond donors (Lipinski definition) is 3. The van der Waals surface area contributed by atoms with Gasteiger partial charge in [0.2, 0.25) is 0 Å². The highest BCUT2D eigenvalue weighted by Gasteiger charge is 2.22. The lowest BCUT2D eigenvalue weighted by atomic mass is 10.1. The van der Waals surface area contributed by atoms with Crippen LogP contribution >= 0.6 is 11.8 Å². The number of fused-ring (bicyclic) bond motifs is 1. The number of rotatable bonds is 5. The molecular formula is C18H14FN3O4S. The quantitative estimate of drug-likeness (QED) is 0.577. The van der Waals surface area contributed by atoms with Gasteiger partial charge < -0.3 is 15.5 Å². The Kier molecular flexibility index (Phi) is 5.22. The minimum atomic E-state index is -1.34. The van der Waals surface area contributed by atoms with Crippen LogP contribution in [-0.2, 0) is 6.54 Å². The molecule has 2 aromatic heterocycles. The summed E-state index contributed by atoms with van der Waals surface area (Å²) in [5.41, 5.74) is -0.171. The van der Waals surface area contributed by atoms with Gasteiger partial charge in [-0.05, 0) is 36.1 Å². The predicted octanol–water partition coefficient (Wildman–Crippen LogP) is 2.82. The number of carbonyl (C=O) groups excluding carboxylic acids is 1. The van der Waals surface area contributed by atoms with Crippen molar-refractivity contribution in [3.63, 3.8) is 0 Å². The number of carboxylic acids is 1. The van der Waals surface area contributed by atoms with Crippen LogP contribution in [0.3, 0.4) is 0 Å². The van der Waals surface area contributed by atoms with E-state index in [0.717, 1.165) is 0 Å². The summed E-state index contributed by atoms with van der Waals surface area (Å²) >= 11 is 1.32. The highest BCUT2D eigenvalue weighted by atomic mass is 32.2. The van der Waals surface area contributed by atoms with E-state index in [1.807, 2.05) is 0 Å². The molecule has 3 rings (SSSR count). The highest BCUT2D eigenvalue weighted by molar-refractivity contribution is 7.98. The van der Waals surface area contributed by atoms with Crippen LogP contribution in [-0.4, -0.2) is 38.3 Å². The molecule has 7 nitrogen and oxygen atoms in total. The molecule has 0 radical (unpaired) electrons. The topological polar surface area (TPSA) is 112 Å². The molecule has 0 spiro atoms. The number of aromatic hydroxyl groups is 1. The average molecular weight is 387 g/mol. The molecule has 9 heteroatoms. The third kappa shape index (κ3) is 3.68. The summed E-state index contributed by atoms with van der Waals surface area (Å²) in [6, 6.07) is 7.13. The third-order valence-corrected chi connectivity index (χ3v) is 4.66. The molecule has 27 heavy (non-hydrogen) atoms. The fourth-order valence-electron chi connectivity index (χ4n) is 2.57. The number of hydrogen-bond acceptors (Lipinski definition) is 6. The number of carboxylic acid groups (broad SMARTS) is 1. The third-order valence-electron chi connectivity index (χ3n) is 3.84. The van der Waals surface area contributed by atoms with Gasteiger partial charge in [0.1, 0.15) is 11.3 Å². The smallest absolute Gasteiger partial charge is 0.355 e. The van der Waals surface area contributed by atoms with Gasteiger partial charge in [0.25, 0.3) is 5.91 Å². The lowest BCUT2D eigenvalue weighted by Gasteiger charge is -2.11. The van der Waals surface area contributed by atoms with E-state index in [4.69, 9.17) is 0 Å². The first-order chi connectivity index (χ1) is 12.9. The van der Waals surface area contributed by atoms with Crippen LogP contribution in [0.5, 0.6) is 5.75 Å². The number of aromatic carboxylic acids is 1. The molecular weight excluding hydrogens is 373 g/mol. The molecule has 3 aromatic rings. The van der Waals surface area contributed by atoms with E-state index >= 15 is 0 Å². The van der Waals surface area contributed by atoms with Gasteiger partial charge in [-0.15, -0.1) is 11.8 Å². The van der Waals surface area contributed by atoms with Crippen LogP contribution in [0.2, 0.25) is 0 Å². The van der Waals surface area contributed by atoms with Gasteiger partial charge in [0.15, 0.2) is 17.1 Å². The van der Waals surface area contributed by atoms with Crippen LogP contribution in [0.25, 0.3) is 10.9 Å². The maximum atomic E-state index is 13.3. The number of aromatic nitrogens is 2. The van der Waals surface area contributed by atoms with Crippen LogP contribution in [0.4, 0.5) is 4.39 Å². The molecule has 2 heterocycles. The van der Waals surface area contributed by atoms with E-state index in [2.05, 4.69) is 15.3 Å². The Morgan fingerprint density at radius 3 is 2.74 bits per heavy atom. The van der Waals surface area contributed by atoms with Crippen LogP contribution < -0.4 is 5.32 Å². The minimum absolute atomic E-state index is 0.0263. The Morgan fingerprint density at radius 2 is 2.04 bits per heavy atom. The van der Waals surface area contributed by atoms with E-state index in [0.29, 0.717) is 10.5 Å². The minimum Gasteiger partial charge on any atom is -0.504 e. The molecule has 138 valence electrons. The second kappa shape index (κ2) is 7.58. The standard InChI is InChI=1S/C18H14FN3O4S/c1-27-12-7-10(19)5-4-9(12)8-21-17(24)15-16(23)13-11(3-2-6-20-13)14(22-15)18(25)26/h2-7,23H,8H2,1H3,(H,21,24)(H,25,26). The molecule has 0 saturated carbocycles. The first-order valence-corrected chi connectivity index (χ1v) is 8.96. The fraction of sp³-hybridized carbons (Fsp3) is 0.111. The second-order valence-corrected chi connectivity index (χ2v) is 6.35. The van der Waals surface area contributed by atoms with E-state index < -0.39 is 23.3 Å². The zero-order valence-electron chi connectivity index (χ0n) is 14.1. The lowest BCUT2D eigenvalue weighted by molar-refractivity contribution is 0.0692. The first kappa shape index (κ1) is 18.6. The van der Waals surface area contributed by atoms with Crippen molar-refractivity contribution in [3.05, 3.63) is 59.3 Å². The van der Waals surface area contributed by atoms with Gasteiger partial charge in [-0.3, -0.25) is 9.78 Å². The molecule has 0 atom stereocenters. The second-order valence-electron chi connectivity index (χ2n) is 5.50. The van der Waals surface area contributed by atoms with E-state index in [-0.39, 0.29) is 29.0 Å². The number of carbonyl (C=O) groups is 2. The van der Waals surface area contributed by atoms with Crippen LogP contribution in [0.15, 0.2) is 41.4 Å². The number of halogens is 1. The molecule has 3 N–H and O–H groups in total. The summed E-state index contributed by atoms with van der Waals surface area (Å²) in [7, 11) is 0. The van der Waals surface area contributed by atoms with Gasteiger partial charge in [-0.25, -0.2) is 14.2 Å². The van der Waals surface area contributed by atoms with Gasteiger partial charge >= 0.3 is 5.97 Å². The maximum Gasteiger partial charge on any atom is 0.355 e. The van der Waals surface area contributed by atoms with Crippen molar-refractivity contribution in [1.29, 1.82) is 0 Å². The lowest BCUT2D eigenvalue weighted by Crippen LogP contribution is -2.25. The van der Waals surface area contributed by atoms with Crippen LogP contribution in [0.1, 0.15) is 26.5 Å². The summed E-state index contributed by atoms with van der Waals surface area (Å²) in [6.45, 7) is 0.0546. The van der Waals surface area contributed by atoms with Crippen molar-refractivity contribution in [1.82, 2.24) is 15.3 Å². The van der Waals surface area contributed by atoms with E-state index in [9.17, 15) is 24.2 Å². The number of nitrogens with zero attached hydrogens (tertiary/aromatic N) is 2. The normalized spacial score (nSPS) is 10.7. The molecule has 0 aliphatic heterocycles. The summed E-state index contributed by atoms with van der Waals surface area (Å²) in [4.78, 5) is 32.3. The number of pyridine rings is 2. The van der Waals surface area contributed by atoms with Crippen molar-refractivity contribution >= 4 is 34.5 Å². The molecule has 0 fully saturated rings. The summed E-state index contributed by atoms with van der Waals surface area (Å²) in [5, 5.41) is 22.4. The molecule has 0 bridgehead atoms. The molecule has 1 amide bonds. The Labute approximate surface area is 157 Å². The predicted molar refractivity (Wildman–Crippen MR) is 97.5 cm³/mol. The number of thioether (sulfide) groups is 1. The van der Waals surface area contributed by atoms with Crippen molar-refractivity contribution in [2.24, 2.45) is 0 Å². The Morgan fingerprint density at radius 1 is 1.26 bits per heavy atom. The van der Waals surface area contributed by atoms with E-state index in [1.165, 1.54) is 42.2 Å². The zero-order chi connectivity index (χ0) is 19.6. The summed E-state index contributed by atoms with van der Waals surface area (Å²) < 4.78 is 13.3. The van der Waals surface area contributed by atoms with Gasteiger partial charge in [-0.2, -0.15) is 0 Å². The van der Waals surface area contributed by atoms with Crippen molar-refractivity contribution in [2.45, 2.75) is 11.4 Å². The summed E-state index contributed by atoms with van der Waals surface area (Å²) in [6.07, 6.45) is 3.15.